The molecule has 3 rings (SSSR count). The van der Waals surface area contributed by atoms with Crippen molar-refractivity contribution in [3.05, 3.63) is 29.8 Å². The largest absolute Gasteiger partial charge is 0.429 e. The molecule has 0 aliphatic carbocycles. The molecule has 2 heterocycles. The molecule has 0 saturated carbocycles. The SMILES string of the molecule is CCO[C@H]1OC(=O)[C@]2(S(=O)(=O)c3ccc(C)cc3)O[C@]12C. The second kappa shape index (κ2) is 4.28. The average Bonchev–Trinajstić information content (AvgIpc) is 3.02. The van der Waals surface area contributed by atoms with E-state index in [9.17, 15) is 13.2 Å². The predicted molar refractivity (Wildman–Crippen MR) is 72.1 cm³/mol. The van der Waals surface area contributed by atoms with Crippen LogP contribution in [-0.4, -0.2) is 37.8 Å². The number of cyclic esters (lactones) is 1. The van der Waals surface area contributed by atoms with Crippen molar-refractivity contribution in [3.63, 3.8) is 0 Å². The van der Waals surface area contributed by atoms with Crippen LogP contribution in [0, 0.1) is 6.92 Å². The fraction of sp³-hybridized carbons (Fsp3) is 0.500. The number of rotatable bonds is 4. The summed E-state index contributed by atoms with van der Waals surface area (Å²) in [5.41, 5.74) is -0.379. The molecule has 0 spiro atoms. The Balaban J connectivity index is 2.04. The zero-order valence-electron chi connectivity index (χ0n) is 12.0. The molecule has 0 radical (unpaired) electrons. The Kier molecular flexibility index (Phi) is 2.96. The van der Waals surface area contributed by atoms with Gasteiger partial charge in [-0.2, -0.15) is 0 Å². The van der Waals surface area contributed by atoms with Crippen LogP contribution < -0.4 is 0 Å². The summed E-state index contributed by atoms with van der Waals surface area (Å²) in [7, 11) is -4.02. The molecule has 3 atom stereocenters. The summed E-state index contributed by atoms with van der Waals surface area (Å²) in [6.45, 7) is 5.39. The molecule has 21 heavy (non-hydrogen) atoms. The molecule has 0 amide bonds. The maximum absolute atomic E-state index is 12.8. The standard InChI is InChI=1S/C14H16O6S/c1-4-18-12-13(3)14(20-13,11(15)19-12)21(16,17)10-7-5-9(2)6-8-10/h5-8,12H,4H2,1-3H3/t12-,13+,14+/m0/s1. The molecule has 2 aliphatic rings. The van der Waals surface area contributed by atoms with E-state index >= 15 is 0 Å². The summed E-state index contributed by atoms with van der Waals surface area (Å²) in [6.07, 6.45) is -1.00. The minimum atomic E-state index is -4.02. The highest BCUT2D eigenvalue weighted by Crippen LogP contribution is 2.61. The number of sulfone groups is 1. The highest BCUT2D eigenvalue weighted by molar-refractivity contribution is 7.93. The molecular weight excluding hydrogens is 296 g/mol. The van der Waals surface area contributed by atoms with Crippen LogP contribution in [0.25, 0.3) is 0 Å². The smallest absolute Gasteiger partial charge is 0.360 e. The van der Waals surface area contributed by atoms with Gasteiger partial charge in [-0.1, -0.05) is 17.7 Å². The Labute approximate surface area is 122 Å². The summed E-state index contributed by atoms with van der Waals surface area (Å²) >= 11 is 0. The number of carbonyl (C=O) groups is 1. The fourth-order valence-electron chi connectivity index (χ4n) is 2.67. The molecule has 2 fully saturated rings. The van der Waals surface area contributed by atoms with E-state index in [1.807, 2.05) is 6.92 Å². The zero-order valence-corrected chi connectivity index (χ0v) is 12.8. The van der Waals surface area contributed by atoms with Gasteiger partial charge in [-0.15, -0.1) is 0 Å². The zero-order chi connectivity index (χ0) is 15.5. The Hall–Kier alpha value is -1.44. The number of hydrogen-bond donors (Lipinski definition) is 0. The lowest BCUT2D eigenvalue weighted by Crippen LogP contribution is -2.37. The van der Waals surface area contributed by atoms with Gasteiger partial charge in [0.25, 0.3) is 0 Å². The summed E-state index contributed by atoms with van der Waals surface area (Å²) < 4.78 is 41.3. The van der Waals surface area contributed by atoms with Gasteiger partial charge in [0.15, 0.2) is 5.60 Å². The van der Waals surface area contributed by atoms with Crippen LogP contribution >= 0.6 is 0 Å². The van der Waals surface area contributed by atoms with Crippen molar-refractivity contribution in [2.45, 2.75) is 42.5 Å². The quantitative estimate of drug-likeness (QED) is 0.613. The molecule has 1 aromatic carbocycles. The third kappa shape index (κ3) is 1.65. The third-order valence-corrected chi connectivity index (χ3v) is 6.23. The first kappa shape index (κ1) is 14.5. The van der Waals surface area contributed by atoms with E-state index in [4.69, 9.17) is 14.2 Å². The monoisotopic (exact) mass is 312 g/mol. The van der Waals surface area contributed by atoms with Crippen molar-refractivity contribution in [2.24, 2.45) is 0 Å². The average molecular weight is 312 g/mol. The Bertz CT molecular complexity index is 695. The van der Waals surface area contributed by atoms with Crippen LogP contribution in [0.3, 0.4) is 0 Å². The maximum atomic E-state index is 12.8. The lowest BCUT2D eigenvalue weighted by Gasteiger charge is -2.14. The van der Waals surface area contributed by atoms with Crippen LogP contribution in [0.15, 0.2) is 29.2 Å². The minimum Gasteiger partial charge on any atom is -0.429 e. The molecule has 0 bridgehead atoms. The van der Waals surface area contributed by atoms with Crippen LogP contribution in [0.2, 0.25) is 0 Å². The van der Waals surface area contributed by atoms with Gasteiger partial charge in [0, 0.05) is 6.61 Å². The van der Waals surface area contributed by atoms with Crippen LogP contribution in [0.5, 0.6) is 0 Å². The van der Waals surface area contributed by atoms with E-state index < -0.39 is 32.6 Å². The Morgan fingerprint density at radius 2 is 1.90 bits per heavy atom. The second-order valence-corrected chi connectivity index (χ2v) is 7.39. The number of aryl methyl sites for hydroxylation is 1. The van der Waals surface area contributed by atoms with E-state index in [0.717, 1.165) is 5.56 Å². The molecule has 2 aliphatic heterocycles. The first-order valence-electron chi connectivity index (χ1n) is 6.64. The third-order valence-electron chi connectivity index (χ3n) is 3.93. The summed E-state index contributed by atoms with van der Waals surface area (Å²) in [4.78, 5) is 10.2. The van der Waals surface area contributed by atoms with Crippen molar-refractivity contribution in [1.29, 1.82) is 0 Å². The molecule has 7 heteroatoms. The molecule has 2 saturated heterocycles. The van der Waals surface area contributed by atoms with Gasteiger partial charge >= 0.3 is 10.9 Å². The summed E-state index contributed by atoms with van der Waals surface area (Å²) in [6, 6.07) is 6.26. The van der Waals surface area contributed by atoms with E-state index in [-0.39, 0.29) is 11.5 Å². The summed E-state index contributed by atoms with van der Waals surface area (Å²) in [5.74, 6) is -0.913. The lowest BCUT2D eigenvalue weighted by molar-refractivity contribution is -0.187. The predicted octanol–water partition coefficient (Wildman–Crippen LogP) is 1.17. The Morgan fingerprint density at radius 1 is 1.29 bits per heavy atom. The van der Waals surface area contributed by atoms with Gasteiger partial charge in [0.2, 0.25) is 16.1 Å². The van der Waals surface area contributed by atoms with E-state index in [0.29, 0.717) is 0 Å². The van der Waals surface area contributed by atoms with Crippen molar-refractivity contribution in [1.82, 2.24) is 0 Å². The van der Waals surface area contributed by atoms with Crippen molar-refractivity contribution in [3.8, 4) is 0 Å². The van der Waals surface area contributed by atoms with Crippen molar-refractivity contribution < 1.29 is 27.4 Å². The van der Waals surface area contributed by atoms with Crippen LogP contribution in [-0.2, 0) is 28.8 Å². The van der Waals surface area contributed by atoms with E-state index in [2.05, 4.69) is 0 Å². The number of benzene rings is 1. The van der Waals surface area contributed by atoms with Crippen molar-refractivity contribution >= 4 is 15.8 Å². The molecule has 114 valence electrons. The molecule has 0 N–H and O–H groups in total. The van der Waals surface area contributed by atoms with Crippen LogP contribution in [0.1, 0.15) is 19.4 Å². The highest BCUT2D eigenvalue weighted by atomic mass is 32.2. The van der Waals surface area contributed by atoms with Gasteiger partial charge in [-0.05, 0) is 32.9 Å². The molecule has 6 nitrogen and oxygen atoms in total. The number of esters is 1. The fourth-order valence-corrected chi connectivity index (χ4v) is 4.67. The van der Waals surface area contributed by atoms with Crippen molar-refractivity contribution in [2.75, 3.05) is 6.61 Å². The molecule has 0 aromatic heterocycles. The Morgan fingerprint density at radius 3 is 2.43 bits per heavy atom. The van der Waals surface area contributed by atoms with Gasteiger partial charge < -0.3 is 14.2 Å². The molecular formula is C14H16O6S. The number of ether oxygens (including phenoxy) is 3. The normalized spacial score (nSPS) is 34.4. The number of fused-ring (bicyclic) bond motifs is 1. The second-order valence-electron chi connectivity index (χ2n) is 5.33. The van der Waals surface area contributed by atoms with E-state index in [1.165, 1.54) is 19.1 Å². The maximum Gasteiger partial charge on any atom is 0.360 e. The van der Waals surface area contributed by atoms with Gasteiger partial charge in [0.1, 0.15) is 0 Å². The minimum absolute atomic E-state index is 0.0333. The van der Waals surface area contributed by atoms with E-state index in [1.54, 1.807) is 19.1 Å². The van der Waals surface area contributed by atoms with Gasteiger partial charge in [-0.3, -0.25) is 0 Å². The first-order chi connectivity index (χ1) is 9.79. The summed E-state index contributed by atoms with van der Waals surface area (Å²) in [5, 5.41) is 0. The number of carbonyl (C=O) groups excluding carboxylic acids is 1. The highest BCUT2D eigenvalue weighted by Gasteiger charge is 2.89. The number of hydrogen-bond acceptors (Lipinski definition) is 6. The van der Waals surface area contributed by atoms with Gasteiger partial charge in [-0.25, -0.2) is 13.2 Å². The number of epoxide rings is 1. The lowest BCUT2D eigenvalue weighted by atomic mass is 10.1. The first-order valence-corrected chi connectivity index (χ1v) is 8.12. The molecule has 0 unspecified atom stereocenters. The topological polar surface area (TPSA) is 82.2 Å². The van der Waals surface area contributed by atoms with Crippen LogP contribution in [0.4, 0.5) is 0 Å². The van der Waals surface area contributed by atoms with Gasteiger partial charge in [0.05, 0.1) is 4.90 Å². The molecule has 1 aromatic rings.